The number of nitrogens with one attached hydrogen (secondary N) is 1. The highest BCUT2D eigenvalue weighted by molar-refractivity contribution is 5.55. The molecule has 1 heterocycles. The minimum atomic E-state index is 0.775. The van der Waals surface area contributed by atoms with Crippen LogP contribution in [0.25, 0.3) is 0 Å². The van der Waals surface area contributed by atoms with Crippen molar-refractivity contribution in [2.45, 2.75) is 33.6 Å². The molecule has 0 aliphatic carbocycles. The standard InChI is InChI=1S/C14H21N/c1-4-11-5-6-12-8-13(10(2)3)9-15-14(12)7-11/h5-7,10,13,15H,4,8-9H2,1-3H3. The Labute approximate surface area is 92.9 Å². The minimum Gasteiger partial charge on any atom is -0.385 e. The fraction of sp³-hybridized carbons (Fsp3) is 0.571. The fourth-order valence-corrected chi connectivity index (χ4v) is 2.25. The van der Waals surface area contributed by atoms with Crippen molar-refractivity contribution in [2.75, 3.05) is 11.9 Å². The lowest BCUT2D eigenvalue weighted by Crippen LogP contribution is -2.27. The van der Waals surface area contributed by atoms with Crippen LogP contribution in [0.5, 0.6) is 0 Å². The smallest absolute Gasteiger partial charge is 0.0375 e. The Kier molecular flexibility index (Phi) is 2.99. The molecule has 0 spiro atoms. The second kappa shape index (κ2) is 4.26. The van der Waals surface area contributed by atoms with Gasteiger partial charge in [0.05, 0.1) is 0 Å². The van der Waals surface area contributed by atoms with Crippen LogP contribution in [0.15, 0.2) is 18.2 Å². The number of hydrogen-bond donors (Lipinski definition) is 1. The lowest BCUT2D eigenvalue weighted by Gasteiger charge is -2.29. The summed E-state index contributed by atoms with van der Waals surface area (Å²) >= 11 is 0. The van der Waals surface area contributed by atoms with Gasteiger partial charge in [-0.25, -0.2) is 0 Å². The summed E-state index contributed by atoms with van der Waals surface area (Å²) in [7, 11) is 0. The molecule has 1 N–H and O–H groups in total. The van der Waals surface area contributed by atoms with E-state index in [0.29, 0.717) is 0 Å². The van der Waals surface area contributed by atoms with Crippen molar-refractivity contribution >= 4 is 5.69 Å². The molecule has 0 fully saturated rings. The highest BCUT2D eigenvalue weighted by Gasteiger charge is 2.20. The molecule has 2 rings (SSSR count). The molecule has 0 saturated carbocycles. The first-order valence-electron chi connectivity index (χ1n) is 6.06. The summed E-state index contributed by atoms with van der Waals surface area (Å²) in [5, 5.41) is 3.57. The topological polar surface area (TPSA) is 12.0 Å². The molecule has 0 radical (unpaired) electrons. The summed E-state index contributed by atoms with van der Waals surface area (Å²) in [6, 6.07) is 6.88. The minimum absolute atomic E-state index is 0.775. The van der Waals surface area contributed by atoms with E-state index in [0.717, 1.165) is 24.8 Å². The van der Waals surface area contributed by atoms with Gasteiger partial charge < -0.3 is 5.32 Å². The fourth-order valence-electron chi connectivity index (χ4n) is 2.25. The van der Waals surface area contributed by atoms with Gasteiger partial charge >= 0.3 is 0 Å². The maximum atomic E-state index is 3.57. The van der Waals surface area contributed by atoms with E-state index in [4.69, 9.17) is 0 Å². The van der Waals surface area contributed by atoms with E-state index in [1.807, 2.05) is 0 Å². The SMILES string of the molecule is CCc1ccc2c(c1)NCC(C(C)C)C2. The molecule has 1 unspecified atom stereocenters. The third kappa shape index (κ3) is 2.17. The van der Waals surface area contributed by atoms with E-state index < -0.39 is 0 Å². The van der Waals surface area contributed by atoms with Crippen molar-refractivity contribution in [1.29, 1.82) is 0 Å². The van der Waals surface area contributed by atoms with Gasteiger partial charge in [-0.3, -0.25) is 0 Å². The van der Waals surface area contributed by atoms with E-state index in [1.165, 1.54) is 23.2 Å². The zero-order valence-corrected chi connectivity index (χ0v) is 10.0. The van der Waals surface area contributed by atoms with Crippen molar-refractivity contribution in [1.82, 2.24) is 0 Å². The molecule has 15 heavy (non-hydrogen) atoms. The first-order chi connectivity index (χ1) is 7.20. The van der Waals surface area contributed by atoms with Gasteiger partial charge in [-0.15, -0.1) is 0 Å². The summed E-state index contributed by atoms with van der Waals surface area (Å²) in [4.78, 5) is 0. The van der Waals surface area contributed by atoms with Gasteiger partial charge in [0.25, 0.3) is 0 Å². The van der Waals surface area contributed by atoms with Crippen molar-refractivity contribution < 1.29 is 0 Å². The maximum Gasteiger partial charge on any atom is 0.0375 e. The predicted molar refractivity (Wildman–Crippen MR) is 66.3 cm³/mol. The van der Waals surface area contributed by atoms with Crippen LogP contribution in [0.3, 0.4) is 0 Å². The highest BCUT2D eigenvalue weighted by atomic mass is 14.9. The molecule has 1 heteroatoms. The Hall–Kier alpha value is -0.980. The van der Waals surface area contributed by atoms with Crippen molar-refractivity contribution in [3.63, 3.8) is 0 Å². The molecule has 1 aromatic rings. The molecule has 0 aromatic heterocycles. The largest absolute Gasteiger partial charge is 0.385 e. The summed E-state index contributed by atoms with van der Waals surface area (Å²) in [5.41, 5.74) is 4.30. The molecule has 1 aromatic carbocycles. The highest BCUT2D eigenvalue weighted by Crippen LogP contribution is 2.29. The molecular formula is C14H21N. The van der Waals surface area contributed by atoms with E-state index in [1.54, 1.807) is 0 Å². The molecule has 1 aliphatic rings. The van der Waals surface area contributed by atoms with Crippen LogP contribution < -0.4 is 5.32 Å². The summed E-state index contributed by atoms with van der Waals surface area (Å²) in [6.07, 6.45) is 2.37. The quantitative estimate of drug-likeness (QED) is 0.776. The third-order valence-corrected chi connectivity index (χ3v) is 3.56. The van der Waals surface area contributed by atoms with Crippen LogP contribution in [0, 0.1) is 11.8 Å². The number of aryl methyl sites for hydroxylation is 1. The molecule has 1 atom stereocenters. The van der Waals surface area contributed by atoms with Crippen molar-refractivity contribution in [3.05, 3.63) is 29.3 Å². The van der Waals surface area contributed by atoms with Crippen LogP contribution >= 0.6 is 0 Å². The van der Waals surface area contributed by atoms with E-state index in [9.17, 15) is 0 Å². The van der Waals surface area contributed by atoms with Crippen molar-refractivity contribution in [2.24, 2.45) is 11.8 Å². The van der Waals surface area contributed by atoms with Crippen molar-refractivity contribution in [3.8, 4) is 0 Å². The van der Waals surface area contributed by atoms with E-state index in [2.05, 4.69) is 44.3 Å². The zero-order chi connectivity index (χ0) is 10.8. The van der Waals surface area contributed by atoms with Gasteiger partial charge in [-0.2, -0.15) is 0 Å². The van der Waals surface area contributed by atoms with E-state index >= 15 is 0 Å². The molecule has 0 bridgehead atoms. The van der Waals surface area contributed by atoms with Crippen LogP contribution in [0.2, 0.25) is 0 Å². The first-order valence-corrected chi connectivity index (χ1v) is 6.06. The molecule has 1 nitrogen and oxygen atoms in total. The van der Waals surface area contributed by atoms with E-state index in [-0.39, 0.29) is 0 Å². The lowest BCUT2D eigenvalue weighted by molar-refractivity contribution is 0.393. The molecule has 1 aliphatic heterocycles. The number of hydrogen-bond acceptors (Lipinski definition) is 1. The number of anilines is 1. The van der Waals surface area contributed by atoms with Crippen LogP contribution in [-0.4, -0.2) is 6.54 Å². The first kappa shape index (κ1) is 10.5. The average molecular weight is 203 g/mol. The summed E-state index contributed by atoms with van der Waals surface area (Å²) in [5.74, 6) is 1.57. The molecule has 0 saturated heterocycles. The van der Waals surface area contributed by atoms with Gasteiger partial charge in [0, 0.05) is 12.2 Å². The second-order valence-corrected chi connectivity index (χ2v) is 4.93. The van der Waals surface area contributed by atoms with Gasteiger partial charge in [0.15, 0.2) is 0 Å². The maximum absolute atomic E-state index is 3.57. The van der Waals surface area contributed by atoms with Crippen LogP contribution in [0.4, 0.5) is 5.69 Å². The summed E-state index contributed by atoms with van der Waals surface area (Å²) in [6.45, 7) is 7.98. The third-order valence-electron chi connectivity index (χ3n) is 3.56. The Morgan fingerprint density at radius 2 is 2.20 bits per heavy atom. The Morgan fingerprint density at radius 3 is 2.87 bits per heavy atom. The second-order valence-electron chi connectivity index (χ2n) is 4.93. The van der Waals surface area contributed by atoms with Gasteiger partial charge in [0.2, 0.25) is 0 Å². The Morgan fingerprint density at radius 1 is 1.40 bits per heavy atom. The summed E-state index contributed by atoms with van der Waals surface area (Å²) < 4.78 is 0. The van der Waals surface area contributed by atoms with Crippen LogP contribution in [0.1, 0.15) is 31.9 Å². The monoisotopic (exact) mass is 203 g/mol. The average Bonchev–Trinajstić information content (AvgIpc) is 2.27. The normalized spacial score (nSPS) is 19.9. The molecular weight excluding hydrogens is 182 g/mol. The van der Waals surface area contributed by atoms with Crippen LogP contribution in [-0.2, 0) is 12.8 Å². The zero-order valence-electron chi connectivity index (χ0n) is 10.0. The number of benzene rings is 1. The molecule has 82 valence electrons. The van der Waals surface area contributed by atoms with Gasteiger partial charge in [-0.1, -0.05) is 32.9 Å². The Bertz CT molecular complexity index is 341. The van der Waals surface area contributed by atoms with Gasteiger partial charge in [0.1, 0.15) is 0 Å². The van der Waals surface area contributed by atoms with Gasteiger partial charge in [-0.05, 0) is 41.9 Å². The Balaban J connectivity index is 2.21. The predicted octanol–water partition coefficient (Wildman–Crippen LogP) is 3.49. The number of rotatable bonds is 2. The molecule has 0 amide bonds. The number of fused-ring (bicyclic) bond motifs is 1. The lowest BCUT2D eigenvalue weighted by atomic mass is 9.85.